The molecular weight excluding hydrogens is 200 g/mol. The van der Waals surface area contributed by atoms with E-state index in [0.717, 1.165) is 30.5 Å². The second-order valence-electron chi connectivity index (χ2n) is 4.40. The number of anilines is 1. The Morgan fingerprint density at radius 1 is 1.38 bits per heavy atom. The molecule has 3 heteroatoms. The van der Waals surface area contributed by atoms with Crippen LogP contribution in [0.4, 0.5) is 5.69 Å². The fourth-order valence-corrected chi connectivity index (χ4v) is 2.19. The van der Waals surface area contributed by atoms with Crippen LogP contribution in [0.3, 0.4) is 0 Å². The van der Waals surface area contributed by atoms with Crippen molar-refractivity contribution in [2.45, 2.75) is 32.6 Å². The van der Waals surface area contributed by atoms with Gasteiger partial charge in [0.1, 0.15) is 5.75 Å². The van der Waals surface area contributed by atoms with Gasteiger partial charge in [-0.25, -0.2) is 0 Å². The van der Waals surface area contributed by atoms with E-state index in [0.29, 0.717) is 0 Å². The third-order valence-corrected chi connectivity index (χ3v) is 3.05. The van der Waals surface area contributed by atoms with E-state index in [1.807, 2.05) is 12.3 Å². The van der Waals surface area contributed by atoms with Gasteiger partial charge in [0.2, 0.25) is 0 Å². The highest BCUT2D eigenvalue weighted by Crippen LogP contribution is 2.25. The number of hydrogen-bond donors (Lipinski definition) is 1. The van der Waals surface area contributed by atoms with E-state index in [1.165, 1.54) is 25.7 Å². The Balaban J connectivity index is 1.85. The number of ether oxygens (including phenoxy) is 1. The van der Waals surface area contributed by atoms with Crippen molar-refractivity contribution in [1.82, 2.24) is 4.98 Å². The van der Waals surface area contributed by atoms with Crippen molar-refractivity contribution in [3.05, 3.63) is 18.5 Å². The molecule has 0 unspecified atom stereocenters. The smallest absolute Gasteiger partial charge is 0.139 e. The van der Waals surface area contributed by atoms with Crippen LogP contribution in [0, 0.1) is 5.92 Å². The van der Waals surface area contributed by atoms with Crippen molar-refractivity contribution in [2.24, 2.45) is 5.92 Å². The number of aromatic nitrogens is 1. The third kappa shape index (κ3) is 3.12. The second-order valence-corrected chi connectivity index (χ2v) is 4.40. The first-order valence-electron chi connectivity index (χ1n) is 6.20. The number of hydrogen-bond acceptors (Lipinski definition) is 3. The number of nitrogens with zero attached hydrogens (tertiary/aromatic N) is 1. The van der Waals surface area contributed by atoms with Crippen molar-refractivity contribution >= 4 is 5.69 Å². The van der Waals surface area contributed by atoms with E-state index < -0.39 is 0 Å². The predicted molar refractivity (Wildman–Crippen MR) is 65.9 cm³/mol. The number of nitrogens with one attached hydrogen (secondary N) is 1. The zero-order valence-corrected chi connectivity index (χ0v) is 9.91. The molecule has 1 saturated carbocycles. The third-order valence-electron chi connectivity index (χ3n) is 3.05. The molecule has 2 rings (SSSR count). The first kappa shape index (κ1) is 11.2. The molecule has 88 valence electrons. The summed E-state index contributed by atoms with van der Waals surface area (Å²) in [6, 6.07) is 2.02. The first-order chi connectivity index (χ1) is 7.88. The van der Waals surface area contributed by atoms with Gasteiger partial charge in [-0.1, -0.05) is 12.8 Å². The average Bonchev–Trinajstić information content (AvgIpc) is 2.80. The van der Waals surface area contributed by atoms with Crippen molar-refractivity contribution < 1.29 is 4.74 Å². The monoisotopic (exact) mass is 220 g/mol. The predicted octanol–water partition coefficient (Wildman–Crippen LogP) is 3.08. The molecule has 0 spiro atoms. The van der Waals surface area contributed by atoms with Crippen LogP contribution >= 0.6 is 0 Å². The minimum absolute atomic E-state index is 0.753. The molecule has 0 saturated heterocycles. The maximum Gasteiger partial charge on any atom is 0.139 e. The van der Waals surface area contributed by atoms with Gasteiger partial charge in [-0.15, -0.1) is 0 Å². The lowest BCUT2D eigenvalue weighted by Gasteiger charge is -2.12. The van der Waals surface area contributed by atoms with Gasteiger partial charge in [-0.05, 0) is 25.7 Å². The lowest BCUT2D eigenvalue weighted by Crippen LogP contribution is -2.08. The van der Waals surface area contributed by atoms with Crippen LogP contribution in [0.1, 0.15) is 32.6 Å². The Morgan fingerprint density at radius 2 is 2.19 bits per heavy atom. The van der Waals surface area contributed by atoms with E-state index in [4.69, 9.17) is 4.74 Å². The molecule has 1 heterocycles. The van der Waals surface area contributed by atoms with Gasteiger partial charge in [-0.2, -0.15) is 0 Å². The molecule has 1 aromatic heterocycles. The van der Waals surface area contributed by atoms with E-state index in [1.54, 1.807) is 6.20 Å². The molecule has 1 N–H and O–H groups in total. The van der Waals surface area contributed by atoms with Crippen LogP contribution < -0.4 is 10.1 Å². The van der Waals surface area contributed by atoms with E-state index in [-0.39, 0.29) is 0 Å². The quantitative estimate of drug-likeness (QED) is 0.828. The molecule has 1 aliphatic carbocycles. The minimum Gasteiger partial charge on any atom is -0.492 e. The molecule has 0 amide bonds. The molecule has 16 heavy (non-hydrogen) atoms. The fourth-order valence-electron chi connectivity index (χ4n) is 2.19. The van der Waals surface area contributed by atoms with Crippen LogP contribution in [-0.4, -0.2) is 18.1 Å². The van der Waals surface area contributed by atoms with Gasteiger partial charge in [0, 0.05) is 12.6 Å². The summed E-state index contributed by atoms with van der Waals surface area (Å²) in [6.45, 7) is 3.83. The number of rotatable bonds is 5. The zero-order valence-electron chi connectivity index (χ0n) is 9.91. The second kappa shape index (κ2) is 5.73. The summed E-state index contributed by atoms with van der Waals surface area (Å²) in [6.07, 6.45) is 8.98. The van der Waals surface area contributed by atoms with Gasteiger partial charge in [-0.3, -0.25) is 4.98 Å². The molecular formula is C13H20N2O. The Kier molecular flexibility index (Phi) is 4.03. The lowest BCUT2D eigenvalue weighted by molar-refractivity contribution is 0.251. The Bertz CT molecular complexity index is 321. The number of pyridine rings is 1. The highest BCUT2D eigenvalue weighted by molar-refractivity contribution is 5.44. The average molecular weight is 220 g/mol. The summed E-state index contributed by atoms with van der Waals surface area (Å²) in [5.74, 6) is 1.63. The zero-order chi connectivity index (χ0) is 11.2. The van der Waals surface area contributed by atoms with Gasteiger partial charge >= 0.3 is 0 Å². The topological polar surface area (TPSA) is 34.2 Å². The van der Waals surface area contributed by atoms with E-state index >= 15 is 0 Å². The maximum absolute atomic E-state index is 5.77. The largest absolute Gasteiger partial charge is 0.492 e. The van der Waals surface area contributed by atoms with Crippen LogP contribution in [0.5, 0.6) is 5.75 Å². The maximum atomic E-state index is 5.77. The van der Waals surface area contributed by atoms with Crippen LogP contribution in [0.15, 0.2) is 18.5 Å². The molecule has 0 atom stereocenters. The molecule has 0 bridgehead atoms. The Labute approximate surface area is 97.2 Å². The highest BCUT2D eigenvalue weighted by atomic mass is 16.5. The first-order valence-corrected chi connectivity index (χ1v) is 6.20. The van der Waals surface area contributed by atoms with Crippen molar-refractivity contribution in [2.75, 3.05) is 18.5 Å². The molecule has 0 aromatic carbocycles. The Morgan fingerprint density at radius 3 is 2.94 bits per heavy atom. The summed E-state index contributed by atoms with van der Waals surface area (Å²) in [4.78, 5) is 4.16. The minimum atomic E-state index is 0.753. The van der Waals surface area contributed by atoms with Gasteiger partial charge in [0.15, 0.2) is 0 Å². The Hall–Kier alpha value is -1.25. The molecule has 1 aromatic rings. The fraction of sp³-hybridized carbons (Fsp3) is 0.615. The normalized spacial score (nSPS) is 16.3. The van der Waals surface area contributed by atoms with Gasteiger partial charge in [0.25, 0.3) is 0 Å². The summed E-state index contributed by atoms with van der Waals surface area (Å²) < 4.78 is 5.77. The summed E-state index contributed by atoms with van der Waals surface area (Å²) in [5, 5.41) is 3.23. The van der Waals surface area contributed by atoms with Crippen LogP contribution in [0.25, 0.3) is 0 Å². The molecule has 0 aliphatic heterocycles. The molecule has 0 radical (unpaired) electrons. The summed E-state index contributed by atoms with van der Waals surface area (Å²) in [5.41, 5.74) is 1.03. The van der Waals surface area contributed by atoms with Crippen molar-refractivity contribution in [1.29, 1.82) is 0 Å². The summed E-state index contributed by atoms with van der Waals surface area (Å²) in [7, 11) is 0. The van der Waals surface area contributed by atoms with E-state index in [2.05, 4.69) is 17.2 Å². The standard InChI is InChI=1S/C13H20N2O/c1-2-15-12-7-13(9-14-8-12)16-10-11-5-3-4-6-11/h7-9,11,15H,2-6,10H2,1H3. The molecule has 1 fully saturated rings. The van der Waals surface area contributed by atoms with Crippen LogP contribution in [-0.2, 0) is 0 Å². The highest BCUT2D eigenvalue weighted by Gasteiger charge is 2.15. The molecule has 1 aliphatic rings. The van der Waals surface area contributed by atoms with Gasteiger partial charge in [0.05, 0.1) is 24.7 Å². The van der Waals surface area contributed by atoms with Crippen LogP contribution in [0.2, 0.25) is 0 Å². The van der Waals surface area contributed by atoms with Crippen molar-refractivity contribution in [3.63, 3.8) is 0 Å². The van der Waals surface area contributed by atoms with Crippen molar-refractivity contribution in [3.8, 4) is 5.75 Å². The SMILES string of the molecule is CCNc1cncc(OCC2CCCC2)c1. The van der Waals surface area contributed by atoms with Gasteiger partial charge < -0.3 is 10.1 Å². The van der Waals surface area contributed by atoms with E-state index in [9.17, 15) is 0 Å². The lowest BCUT2D eigenvalue weighted by atomic mass is 10.1. The molecule has 3 nitrogen and oxygen atoms in total. The summed E-state index contributed by atoms with van der Waals surface area (Å²) >= 11 is 0.